The fourth-order valence-electron chi connectivity index (χ4n) is 1.04. The molecule has 0 atom stereocenters. The molecule has 2 rings (SSSR count). The summed E-state index contributed by atoms with van der Waals surface area (Å²) in [5.41, 5.74) is 0.296. The van der Waals surface area contributed by atoms with Crippen molar-refractivity contribution in [1.29, 1.82) is 0 Å². The Morgan fingerprint density at radius 2 is 2.31 bits per heavy atom. The van der Waals surface area contributed by atoms with Gasteiger partial charge in [0.1, 0.15) is 5.75 Å². The van der Waals surface area contributed by atoms with Gasteiger partial charge in [-0.3, -0.25) is 0 Å². The first-order valence-corrected chi connectivity index (χ1v) is 3.38. The van der Waals surface area contributed by atoms with Crippen LogP contribution in [0, 0.1) is 10.1 Å². The van der Waals surface area contributed by atoms with Gasteiger partial charge in [0.05, 0.1) is 9.82 Å². The largest absolute Gasteiger partial charge is 0.505 e. The van der Waals surface area contributed by atoms with Crippen LogP contribution in [0.5, 0.6) is 5.75 Å². The first-order valence-electron chi connectivity index (χ1n) is 3.38. The number of hydrogen-bond donors (Lipinski definition) is 1. The Morgan fingerprint density at radius 3 is 3.00 bits per heavy atom. The predicted molar refractivity (Wildman–Crippen MR) is 41.6 cm³/mol. The van der Waals surface area contributed by atoms with Crippen LogP contribution in [0.2, 0.25) is 0 Å². The Balaban J connectivity index is 2.83. The lowest BCUT2D eigenvalue weighted by atomic mass is 10.3. The molecule has 0 unspecified atom stereocenters. The molecule has 0 aliphatic heterocycles. The minimum Gasteiger partial charge on any atom is -0.505 e. The van der Waals surface area contributed by atoms with E-state index in [1.807, 2.05) is 0 Å². The number of aromatic hydroxyl groups is 1. The Bertz CT molecular complexity index is 478. The van der Waals surface area contributed by atoms with Gasteiger partial charge in [-0.15, -0.1) is 0 Å². The highest BCUT2D eigenvalue weighted by Crippen LogP contribution is 2.20. The number of fused-ring (bicyclic) bond motifs is 1. The predicted octanol–water partition coefficient (Wildman–Crippen LogP) is 0.177. The van der Waals surface area contributed by atoms with Crippen LogP contribution in [-0.2, 0) is 0 Å². The molecule has 0 aliphatic rings. The maximum atomic E-state index is 10.4. The smallest absolute Gasteiger partial charge is 0.187 e. The summed E-state index contributed by atoms with van der Waals surface area (Å²) in [5, 5.41) is 25.6. The van der Waals surface area contributed by atoms with Crippen LogP contribution in [0.1, 0.15) is 0 Å². The van der Waals surface area contributed by atoms with Crippen molar-refractivity contribution in [3.8, 4) is 5.75 Å². The first-order chi connectivity index (χ1) is 6.20. The SMILES string of the molecule is O=[N+]([O-])n1nnc2c(O)cccc21. The molecule has 1 heterocycles. The number of nitro groups is 1. The van der Waals surface area contributed by atoms with Crippen molar-refractivity contribution in [3.05, 3.63) is 28.3 Å². The lowest BCUT2D eigenvalue weighted by molar-refractivity contribution is -0.549. The zero-order valence-corrected chi connectivity index (χ0v) is 6.28. The highest BCUT2D eigenvalue weighted by atomic mass is 16.7. The average Bonchev–Trinajstić information content (AvgIpc) is 2.48. The molecule has 66 valence electrons. The van der Waals surface area contributed by atoms with E-state index in [0.29, 0.717) is 4.79 Å². The molecule has 0 fully saturated rings. The van der Waals surface area contributed by atoms with E-state index in [-0.39, 0.29) is 16.8 Å². The monoisotopic (exact) mass is 180 g/mol. The fourth-order valence-corrected chi connectivity index (χ4v) is 1.04. The molecule has 0 saturated carbocycles. The highest BCUT2D eigenvalue weighted by Gasteiger charge is 2.15. The van der Waals surface area contributed by atoms with Crippen molar-refractivity contribution >= 4 is 11.0 Å². The third kappa shape index (κ3) is 0.975. The van der Waals surface area contributed by atoms with E-state index in [1.165, 1.54) is 18.2 Å². The van der Waals surface area contributed by atoms with E-state index in [4.69, 9.17) is 0 Å². The Labute approximate surface area is 71.3 Å². The molecule has 1 N–H and O–H groups in total. The number of phenolic OH excluding ortho intramolecular Hbond substituents is 1. The second-order valence-electron chi connectivity index (χ2n) is 2.36. The second kappa shape index (κ2) is 2.41. The molecule has 0 amide bonds. The van der Waals surface area contributed by atoms with Gasteiger partial charge in [-0.2, -0.15) is 0 Å². The summed E-state index contributed by atoms with van der Waals surface area (Å²) >= 11 is 0. The summed E-state index contributed by atoms with van der Waals surface area (Å²) in [5.74, 6) is -0.120. The molecule has 0 saturated heterocycles. The first kappa shape index (κ1) is 7.47. The Kier molecular flexibility index (Phi) is 1.38. The van der Waals surface area contributed by atoms with Crippen molar-refractivity contribution in [2.45, 2.75) is 0 Å². The summed E-state index contributed by atoms with van der Waals surface area (Å²) in [6.45, 7) is 0. The van der Waals surface area contributed by atoms with Crippen molar-refractivity contribution in [2.75, 3.05) is 0 Å². The van der Waals surface area contributed by atoms with Gasteiger partial charge in [0.2, 0.25) is 0 Å². The molecule has 0 bridgehead atoms. The van der Waals surface area contributed by atoms with E-state index < -0.39 is 5.03 Å². The van der Waals surface area contributed by atoms with Crippen LogP contribution in [0.3, 0.4) is 0 Å². The lowest BCUT2D eigenvalue weighted by Gasteiger charge is -1.92. The van der Waals surface area contributed by atoms with Crippen molar-refractivity contribution < 1.29 is 10.1 Å². The number of aromatic nitrogens is 3. The van der Waals surface area contributed by atoms with E-state index in [0.717, 1.165) is 0 Å². The van der Waals surface area contributed by atoms with Gasteiger partial charge >= 0.3 is 0 Å². The molecular formula is C6H4N4O3. The molecule has 13 heavy (non-hydrogen) atoms. The van der Waals surface area contributed by atoms with Crippen molar-refractivity contribution in [3.63, 3.8) is 0 Å². The molecule has 1 aromatic heterocycles. The maximum absolute atomic E-state index is 10.4. The zero-order valence-electron chi connectivity index (χ0n) is 6.28. The quantitative estimate of drug-likeness (QED) is 0.498. The highest BCUT2D eigenvalue weighted by molar-refractivity contribution is 5.80. The molecule has 0 aliphatic carbocycles. The number of benzene rings is 1. The van der Waals surface area contributed by atoms with Crippen LogP contribution in [-0.4, -0.2) is 25.2 Å². The van der Waals surface area contributed by atoms with Crippen LogP contribution in [0.15, 0.2) is 18.2 Å². The Hall–Kier alpha value is -2.18. The van der Waals surface area contributed by atoms with E-state index in [2.05, 4.69) is 10.3 Å². The zero-order chi connectivity index (χ0) is 9.42. The molecule has 2 aromatic rings. The molecule has 1 aromatic carbocycles. The number of nitrogens with zero attached hydrogens (tertiary/aromatic N) is 4. The van der Waals surface area contributed by atoms with Gasteiger partial charge in [-0.1, -0.05) is 6.07 Å². The summed E-state index contributed by atoms with van der Waals surface area (Å²) < 4.78 is 0. The summed E-state index contributed by atoms with van der Waals surface area (Å²) in [6.07, 6.45) is 0. The Morgan fingerprint density at radius 1 is 1.54 bits per heavy atom. The molecular weight excluding hydrogens is 176 g/mol. The topological polar surface area (TPSA) is 94.1 Å². The fraction of sp³-hybridized carbons (Fsp3) is 0. The third-order valence-electron chi connectivity index (χ3n) is 1.59. The lowest BCUT2D eigenvalue weighted by Crippen LogP contribution is -2.09. The van der Waals surface area contributed by atoms with Crippen LogP contribution in [0.4, 0.5) is 0 Å². The van der Waals surface area contributed by atoms with Crippen molar-refractivity contribution in [1.82, 2.24) is 15.1 Å². The van der Waals surface area contributed by atoms with Gasteiger partial charge in [-0.25, -0.2) is 0 Å². The number of rotatable bonds is 1. The van der Waals surface area contributed by atoms with Crippen molar-refractivity contribution in [2.24, 2.45) is 0 Å². The van der Waals surface area contributed by atoms with Gasteiger partial charge < -0.3 is 15.2 Å². The third-order valence-corrected chi connectivity index (χ3v) is 1.59. The second-order valence-corrected chi connectivity index (χ2v) is 2.36. The van der Waals surface area contributed by atoms with E-state index in [9.17, 15) is 15.2 Å². The standard InChI is InChI=1S/C6H4N4O3/c11-5-3-1-2-4-6(5)7-8-9(4)10(12)13/h1-3,11H. The summed E-state index contributed by atoms with van der Waals surface area (Å²) in [4.78, 5) is 10.9. The average molecular weight is 180 g/mol. The minimum absolute atomic E-state index is 0.120. The van der Waals surface area contributed by atoms with E-state index >= 15 is 0 Å². The number of hydrogen-bond acceptors (Lipinski definition) is 5. The van der Waals surface area contributed by atoms with Gasteiger partial charge in [0.15, 0.2) is 16.2 Å². The van der Waals surface area contributed by atoms with Gasteiger partial charge in [0.25, 0.3) is 0 Å². The van der Waals surface area contributed by atoms with Gasteiger partial charge in [-0.05, 0) is 17.2 Å². The number of phenols is 1. The normalized spacial score (nSPS) is 10.5. The molecule has 0 spiro atoms. The summed E-state index contributed by atoms with van der Waals surface area (Å²) in [7, 11) is 0. The molecule has 7 nitrogen and oxygen atoms in total. The van der Waals surface area contributed by atoms with E-state index in [1.54, 1.807) is 0 Å². The van der Waals surface area contributed by atoms with Gasteiger partial charge in [0, 0.05) is 0 Å². The van der Waals surface area contributed by atoms with Crippen LogP contribution in [0.25, 0.3) is 11.0 Å². The summed E-state index contributed by atoms with van der Waals surface area (Å²) in [6, 6.07) is 4.33. The molecule has 7 heteroatoms. The van der Waals surface area contributed by atoms with Crippen LogP contribution < -0.4 is 0 Å². The van der Waals surface area contributed by atoms with Crippen LogP contribution >= 0.6 is 0 Å². The minimum atomic E-state index is -0.714. The molecule has 0 radical (unpaired) electrons. The maximum Gasteiger partial charge on any atom is 0.187 e.